The molecule has 0 spiro atoms. The predicted molar refractivity (Wildman–Crippen MR) is 110 cm³/mol. The molecule has 2 N–H and O–H groups in total. The van der Waals surface area contributed by atoms with E-state index in [4.69, 9.17) is 0 Å². The third kappa shape index (κ3) is 3.33. The molecule has 0 atom stereocenters. The average molecular weight is 409 g/mol. The number of nitrogens with zero attached hydrogens (tertiary/aromatic N) is 4. The van der Waals surface area contributed by atoms with Crippen molar-refractivity contribution in [3.05, 3.63) is 55.1 Å². The molecular weight excluding hydrogens is 390 g/mol. The standard InChI is InChI=1S/C20H19N5O3S/c1-24-11-15(9-21-24)13-2-5-20-19(10-22-25(20)12-13)14-6-16(8-17(26)7-14)23-29(27,28)18-3-4-18/h2,5-12,18,23,26H,3-4H2,1H3. The van der Waals surface area contributed by atoms with Crippen LogP contribution in [-0.2, 0) is 17.1 Å². The molecule has 3 aromatic heterocycles. The number of hydrogen-bond donors (Lipinski definition) is 2. The van der Waals surface area contributed by atoms with Gasteiger partial charge >= 0.3 is 0 Å². The number of sulfonamides is 1. The van der Waals surface area contributed by atoms with Crippen molar-refractivity contribution in [3.8, 4) is 28.0 Å². The molecule has 29 heavy (non-hydrogen) atoms. The number of aromatic nitrogens is 4. The van der Waals surface area contributed by atoms with Crippen LogP contribution in [0.1, 0.15) is 12.8 Å². The van der Waals surface area contributed by atoms with Gasteiger partial charge in [0.05, 0.1) is 28.8 Å². The Morgan fingerprint density at radius 2 is 1.86 bits per heavy atom. The Kier molecular flexibility index (Phi) is 3.88. The van der Waals surface area contributed by atoms with Gasteiger partial charge in [0, 0.05) is 42.2 Å². The lowest BCUT2D eigenvalue weighted by Gasteiger charge is -2.10. The number of pyridine rings is 1. The van der Waals surface area contributed by atoms with Crippen molar-refractivity contribution >= 4 is 21.2 Å². The molecule has 1 aliphatic rings. The van der Waals surface area contributed by atoms with Gasteiger partial charge in [-0.2, -0.15) is 10.2 Å². The van der Waals surface area contributed by atoms with Crippen LogP contribution in [0.4, 0.5) is 5.69 Å². The zero-order chi connectivity index (χ0) is 20.2. The molecule has 0 amide bonds. The van der Waals surface area contributed by atoms with Crippen LogP contribution in [-0.4, -0.2) is 38.2 Å². The van der Waals surface area contributed by atoms with E-state index in [0.717, 1.165) is 22.2 Å². The first kappa shape index (κ1) is 17.7. The molecule has 3 heterocycles. The maximum atomic E-state index is 12.2. The van der Waals surface area contributed by atoms with Gasteiger partial charge in [-0.05, 0) is 36.6 Å². The largest absolute Gasteiger partial charge is 0.508 e. The Bertz CT molecular complexity index is 1340. The molecule has 0 bridgehead atoms. The summed E-state index contributed by atoms with van der Waals surface area (Å²) in [4.78, 5) is 0. The van der Waals surface area contributed by atoms with Gasteiger partial charge in [0.2, 0.25) is 10.0 Å². The monoisotopic (exact) mass is 409 g/mol. The fourth-order valence-corrected chi connectivity index (χ4v) is 4.77. The first-order valence-corrected chi connectivity index (χ1v) is 10.8. The van der Waals surface area contributed by atoms with E-state index in [9.17, 15) is 13.5 Å². The first-order valence-electron chi connectivity index (χ1n) is 9.21. The zero-order valence-electron chi connectivity index (χ0n) is 15.6. The summed E-state index contributed by atoms with van der Waals surface area (Å²) in [6.45, 7) is 0. The third-order valence-corrected chi connectivity index (χ3v) is 6.88. The van der Waals surface area contributed by atoms with Crippen molar-refractivity contribution in [1.82, 2.24) is 19.4 Å². The average Bonchev–Trinajstić information content (AvgIpc) is 3.32. The molecule has 0 radical (unpaired) electrons. The van der Waals surface area contributed by atoms with E-state index in [1.807, 2.05) is 31.6 Å². The van der Waals surface area contributed by atoms with Crippen LogP contribution in [0.3, 0.4) is 0 Å². The second kappa shape index (κ2) is 6.35. The molecular formula is C20H19N5O3S. The van der Waals surface area contributed by atoms with Gasteiger partial charge in [-0.15, -0.1) is 0 Å². The summed E-state index contributed by atoms with van der Waals surface area (Å²) >= 11 is 0. The van der Waals surface area contributed by atoms with E-state index in [1.54, 1.807) is 33.7 Å². The molecule has 4 aromatic rings. The summed E-state index contributed by atoms with van der Waals surface area (Å²) in [7, 11) is -1.54. The molecule has 0 saturated heterocycles. The number of phenols is 1. The highest BCUT2D eigenvalue weighted by Gasteiger charge is 2.35. The van der Waals surface area contributed by atoms with Crippen LogP contribution in [0, 0.1) is 0 Å². The number of aromatic hydroxyl groups is 1. The molecule has 148 valence electrons. The number of rotatable bonds is 5. The molecule has 8 nitrogen and oxygen atoms in total. The first-order chi connectivity index (χ1) is 13.9. The van der Waals surface area contributed by atoms with E-state index in [2.05, 4.69) is 14.9 Å². The topological polar surface area (TPSA) is 102 Å². The maximum Gasteiger partial charge on any atom is 0.235 e. The van der Waals surface area contributed by atoms with Crippen molar-refractivity contribution in [3.63, 3.8) is 0 Å². The van der Waals surface area contributed by atoms with Gasteiger partial charge in [0.1, 0.15) is 5.75 Å². The minimum absolute atomic E-state index is 0.0117. The predicted octanol–water partition coefficient (Wildman–Crippen LogP) is 3.01. The molecule has 1 saturated carbocycles. The minimum atomic E-state index is -3.41. The number of nitrogens with one attached hydrogen (secondary N) is 1. The number of aryl methyl sites for hydroxylation is 1. The Labute approximate surface area is 167 Å². The van der Waals surface area contributed by atoms with Gasteiger partial charge in [-0.3, -0.25) is 9.40 Å². The molecule has 0 aliphatic heterocycles. The summed E-state index contributed by atoms with van der Waals surface area (Å²) in [6.07, 6.45) is 8.69. The second-order valence-electron chi connectivity index (χ2n) is 7.32. The lowest BCUT2D eigenvalue weighted by Crippen LogP contribution is -2.17. The van der Waals surface area contributed by atoms with Crippen molar-refractivity contribution < 1.29 is 13.5 Å². The summed E-state index contributed by atoms with van der Waals surface area (Å²) in [6, 6.07) is 8.65. The third-order valence-electron chi connectivity index (χ3n) is 5.01. The quantitative estimate of drug-likeness (QED) is 0.528. The molecule has 1 aliphatic carbocycles. The van der Waals surface area contributed by atoms with Gasteiger partial charge in [-0.25, -0.2) is 12.9 Å². The Balaban J connectivity index is 1.53. The summed E-state index contributed by atoms with van der Waals surface area (Å²) < 4.78 is 30.6. The van der Waals surface area contributed by atoms with Crippen LogP contribution in [0.5, 0.6) is 5.75 Å². The van der Waals surface area contributed by atoms with Crippen LogP contribution in [0.15, 0.2) is 55.1 Å². The van der Waals surface area contributed by atoms with E-state index < -0.39 is 10.0 Å². The number of anilines is 1. The van der Waals surface area contributed by atoms with Crippen LogP contribution < -0.4 is 4.72 Å². The number of fused-ring (bicyclic) bond motifs is 1. The van der Waals surface area contributed by atoms with Gasteiger partial charge in [0.25, 0.3) is 0 Å². The lowest BCUT2D eigenvalue weighted by atomic mass is 10.1. The number of hydrogen-bond acceptors (Lipinski definition) is 5. The van der Waals surface area contributed by atoms with Gasteiger partial charge in [-0.1, -0.05) is 6.07 Å². The molecule has 1 aromatic carbocycles. The van der Waals surface area contributed by atoms with E-state index >= 15 is 0 Å². The highest BCUT2D eigenvalue weighted by atomic mass is 32.2. The number of phenolic OH excluding ortho intramolecular Hbond substituents is 1. The Morgan fingerprint density at radius 3 is 2.59 bits per heavy atom. The van der Waals surface area contributed by atoms with Crippen molar-refractivity contribution in [2.24, 2.45) is 7.05 Å². The Hall–Kier alpha value is -3.33. The number of benzene rings is 1. The zero-order valence-corrected chi connectivity index (χ0v) is 16.5. The van der Waals surface area contributed by atoms with Crippen molar-refractivity contribution in [2.45, 2.75) is 18.1 Å². The van der Waals surface area contributed by atoms with E-state index in [-0.39, 0.29) is 11.0 Å². The SMILES string of the molecule is Cn1cc(-c2ccc3c(-c4cc(O)cc(NS(=O)(=O)C5CC5)c4)cnn3c2)cn1. The van der Waals surface area contributed by atoms with Crippen LogP contribution in [0.25, 0.3) is 27.8 Å². The summed E-state index contributed by atoms with van der Waals surface area (Å²) in [5, 5.41) is 18.4. The summed E-state index contributed by atoms with van der Waals surface area (Å²) in [5.41, 5.74) is 4.64. The minimum Gasteiger partial charge on any atom is -0.508 e. The van der Waals surface area contributed by atoms with Crippen molar-refractivity contribution in [2.75, 3.05) is 4.72 Å². The summed E-state index contributed by atoms with van der Waals surface area (Å²) in [5.74, 6) is -0.0117. The highest BCUT2D eigenvalue weighted by molar-refractivity contribution is 7.93. The smallest absolute Gasteiger partial charge is 0.235 e. The maximum absolute atomic E-state index is 12.2. The Morgan fingerprint density at radius 1 is 1.03 bits per heavy atom. The van der Waals surface area contributed by atoms with Crippen LogP contribution in [0.2, 0.25) is 0 Å². The molecule has 1 fully saturated rings. The molecule has 9 heteroatoms. The van der Waals surface area contributed by atoms with Crippen molar-refractivity contribution in [1.29, 1.82) is 0 Å². The molecule has 0 unspecified atom stereocenters. The molecule has 5 rings (SSSR count). The van der Waals surface area contributed by atoms with E-state index in [1.165, 1.54) is 6.07 Å². The second-order valence-corrected chi connectivity index (χ2v) is 9.28. The van der Waals surface area contributed by atoms with Crippen LogP contribution >= 0.6 is 0 Å². The normalized spacial score (nSPS) is 14.4. The van der Waals surface area contributed by atoms with Gasteiger partial charge < -0.3 is 5.11 Å². The highest BCUT2D eigenvalue weighted by Crippen LogP contribution is 2.34. The fraction of sp³-hybridized carbons (Fsp3) is 0.200. The van der Waals surface area contributed by atoms with E-state index in [0.29, 0.717) is 24.1 Å². The fourth-order valence-electron chi connectivity index (χ4n) is 3.40. The van der Waals surface area contributed by atoms with Gasteiger partial charge in [0.15, 0.2) is 0 Å². The lowest BCUT2D eigenvalue weighted by molar-refractivity contribution is 0.476.